The molecule has 2 heterocycles. The predicted octanol–water partition coefficient (Wildman–Crippen LogP) is 2.68. The Balaban J connectivity index is 1.31. The van der Waals surface area contributed by atoms with Crippen molar-refractivity contribution in [3.05, 3.63) is 34.9 Å². The first-order valence-corrected chi connectivity index (χ1v) is 9.75. The van der Waals surface area contributed by atoms with Gasteiger partial charge in [0, 0.05) is 29.0 Å². The fourth-order valence-corrected chi connectivity index (χ4v) is 4.94. The van der Waals surface area contributed by atoms with Crippen LogP contribution in [0.2, 0.25) is 5.02 Å². The molecule has 3 N–H and O–H groups in total. The van der Waals surface area contributed by atoms with Crippen molar-refractivity contribution < 1.29 is 9.59 Å². The van der Waals surface area contributed by atoms with Crippen LogP contribution in [0.4, 0.5) is 4.79 Å². The minimum Gasteiger partial charge on any atom is -0.352 e. The predicted molar refractivity (Wildman–Crippen MR) is 97.3 cm³/mol. The average molecular weight is 368 g/mol. The van der Waals surface area contributed by atoms with Gasteiger partial charge in [0.2, 0.25) is 5.91 Å². The number of amides is 3. The van der Waals surface area contributed by atoms with Crippen molar-refractivity contribution in [3.63, 3.8) is 0 Å². The van der Waals surface area contributed by atoms with Crippen LogP contribution in [0.15, 0.2) is 24.3 Å². The van der Waals surface area contributed by atoms with Gasteiger partial charge in [-0.05, 0) is 24.5 Å². The van der Waals surface area contributed by atoms with E-state index in [-0.39, 0.29) is 24.0 Å². The number of thioether (sulfide) groups is 1. The van der Waals surface area contributed by atoms with Crippen molar-refractivity contribution in [1.82, 2.24) is 16.0 Å². The molecule has 24 heavy (non-hydrogen) atoms. The van der Waals surface area contributed by atoms with Crippen LogP contribution in [0.3, 0.4) is 0 Å². The summed E-state index contributed by atoms with van der Waals surface area (Å²) in [5.74, 6) is 1.04. The molecule has 7 heteroatoms. The molecule has 2 aliphatic rings. The van der Waals surface area contributed by atoms with E-state index in [0.29, 0.717) is 23.2 Å². The van der Waals surface area contributed by atoms with E-state index >= 15 is 0 Å². The fraction of sp³-hybridized carbons (Fsp3) is 0.529. The number of hydrogen-bond acceptors (Lipinski definition) is 3. The molecular weight excluding hydrogens is 346 g/mol. The van der Waals surface area contributed by atoms with E-state index in [4.69, 9.17) is 11.6 Å². The Kier molecular flexibility index (Phi) is 5.89. The number of fused-ring (bicyclic) bond motifs is 1. The topological polar surface area (TPSA) is 70.2 Å². The van der Waals surface area contributed by atoms with Crippen LogP contribution in [-0.4, -0.2) is 35.0 Å². The molecule has 0 saturated carbocycles. The third kappa shape index (κ3) is 4.36. The van der Waals surface area contributed by atoms with Gasteiger partial charge in [0.15, 0.2) is 0 Å². The molecule has 130 valence electrons. The lowest BCUT2D eigenvalue weighted by atomic mass is 10.0. The van der Waals surface area contributed by atoms with Crippen molar-refractivity contribution in [3.8, 4) is 0 Å². The van der Waals surface area contributed by atoms with E-state index in [1.54, 1.807) is 0 Å². The molecule has 3 atom stereocenters. The first-order valence-electron chi connectivity index (χ1n) is 8.32. The van der Waals surface area contributed by atoms with Crippen LogP contribution in [0.5, 0.6) is 0 Å². The molecule has 2 fully saturated rings. The van der Waals surface area contributed by atoms with Crippen molar-refractivity contribution in [2.24, 2.45) is 0 Å². The highest BCUT2D eigenvalue weighted by Crippen LogP contribution is 2.33. The number of hydrogen-bond donors (Lipinski definition) is 3. The second-order valence-electron chi connectivity index (χ2n) is 6.24. The highest BCUT2D eigenvalue weighted by Gasteiger charge is 2.42. The molecule has 0 unspecified atom stereocenters. The van der Waals surface area contributed by atoms with Crippen LogP contribution in [-0.2, 0) is 11.3 Å². The Morgan fingerprint density at radius 3 is 2.96 bits per heavy atom. The molecule has 2 aliphatic heterocycles. The largest absolute Gasteiger partial charge is 0.352 e. The van der Waals surface area contributed by atoms with Gasteiger partial charge < -0.3 is 16.0 Å². The van der Waals surface area contributed by atoms with Gasteiger partial charge in [0.1, 0.15) is 0 Å². The summed E-state index contributed by atoms with van der Waals surface area (Å²) < 4.78 is 0. The van der Waals surface area contributed by atoms with Crippen molar-refractivity contribution in [2.45, 2.75) is 49.6 Å². The van der Waals surface area contributed by atoms with E-state index in [1.165, 1.54) is 0 Å². The quantitative estimate of drug-likeness (QED) is 0.512. The number of carbonyl (C=O) groups excluding carboxylic acids is 2. The third-order valence-electron chi connectivity index (χ3n) is 4.51. The second-order valence-corrected chi connectivity index (χ2v) is 7.92. The molecule has 0 radical (unpaired) electrons. The number of unbranched alkanes of at least 4 members (excludes halogenated alkanes) is 1. The molecule has 2 saturated heterocycles. The number of nitrogens with one attached hydrogen (secondary N) is 3. The zero-order valence-corrected chi connectivity index (χ0v) is 15.0. The van der Waals surface area contributed by atoms with Gasteiger partial charge >= 0.3 is 6.03 Å². The second kappa shape index (κ2) is 8.12. The summed E-state index contributed by atoms with van der Waals surface area (Å²) in [5, 5.41) is 9.99. The van der Waals surface area contributed by atoms with Crippen LogP contribution < -0.4 is 16.0 Å². The molecule has 1 aromatic rings. The zero-order chi connectivity index (χ0) is 16.9. The Morgan fingerprint density at radius 2 is 2.12 bits per heavy atom. The maximum absolute atomic E-state index is 11.9. The number of rotatable bonds is 7. The number of carbonyl (C=O) groups is 2. The zero-order valence-electron chi connectivity index (χ0n) is 13.4. The number of urea groups is 1. The Labute approximate surface area is 151 Å². The normalized spacial score (nSPS) is 25.0. The highest BCUT2D eigenvalue weighted by molar-refractivity contribution is 8.00. The van der Waals surface area contributed by atoms with E-state index in [2.05, 4.69) is 16.0 Å². The van der Waals surface area contributed by atoms with E-state index in [1.807, 2.05) is 36.0 Å². The highest BCUT2D eigenvalue weighted by atomic mass is 35.5. The van der Waals surface area contributed by atoms with Crippen molar-refractivity contribution in [2.75, 3.05) is 5.75 Å². The van der Waals surface area contributed by atoms with Gasteiger partial charge in [-0.25, -0.2) is 4.79 Å². The monoisotopic (exact) mass is 367 g/mol. The molecule has 1 aromatic carbocycles. The molecule has 0 aliphatic carbocycles. The lowest BCUT2D eigenvalue weighted by Gasteiger charge is -2.16. The van der Waals surface area contributed by atoms with Gasteiger partial charge in [-0.3, -0.25) is 4.79 Å². The van der Waals surface area contributed by atoms with Crippen LogP contribution >= 0.6 is 23.4 Å². The maximum Gasteiger partial charge on any atom is 0.315 e. The van der Waals surface area contributed by atoms with Crippen molar-refractivity contribution in [1.29, 1.82) is 0 Å². The van der Waals surface area contributed by atoms with Gasteiger partial charge in [-0.2, -0.15) is 11.8 Å². The Hall–Kier alpha value is -1.40. The number of halogens is 1. The summed E-state index contributed by atoms with van der Waals surface area (Å²) in [6.07, 6.45) is 3.42. The third-order valence-corrected chi connectivity index (χ3v) is 6.39. The minimum atomic E-state index is -0.0470. The summed E-state index contributed by atoms with van der Waals surface area (Å²) in [7, 11) is 0. The molecule has 0 aromatic heterocycles. The summed E-state index contributed by atoms with van der Waals surface area (Å²) >= 11 is 7.99. The summed E-state index contributed by atoms with van der Waals surface area (Å²) in [6.45, 7) is 0.471. The number of benzene rings is 1. The molecule has 0 spiro atoms. The molecule has 0 bridgehead atoms. The lowest BCUT2D eigenvalue weighted by Crippen LogP contribution is -2.36. The first-order chi connectivity index (χ1) is 11.6. The summed E-state index contributed by atoms with van der Waals surface area (Å²) in [5.41, 5.74) is 0.936. The fourth-order valence-electron chi connectivity index (χ4n) is 3.20. The smallest absolute Gasteiger partial charge is 0.315 e. The van der Waals surface area contributed by atoms with E-state index < -0.39 is 0 Å². The van der Waals surface area contributed by atoms with Gasteiger partial charge in [0.25, 0.3) is 0 Å². The standard InChI is InChI=1S/C17H22ClN3O2S/c18-12-6-2-1-5-11(12)9-19-15(22)8-4-3-7-14-16-13(10-24-14)20-17(23)21-16/h1-2,5-6,13-14,16H,3-4,7-10H2,(H,19,22)(H2,20,21,23)/t13-,14+,16+/m0/s1. The summed E-state index contributed by atoms with van der Waals surface area (Å²) in [4.78, 5) is 23.3. The lowest BCUT2D eigenvalue weighted by molar-refractivity contribution is -0.121. The Morgan fingerprint density at radius 1 is 1.29 bits per heavy atom. The SMILES string of the molecule is O=C(CCCC[C@H]1SC[C@@H]2NC(=O)N[C@H]21)NCc1ccccc1Cl. The van der Waals surface area contributed by atoms with Crippen LogP contribution in [0, 0.1) is 0 Å². The first kappa shape index (κ1) is 17.4. The van der Waals surface area contributed by atoms with Crippen LogP contribution in [0.25, 0.3) is 0 Å². The van der Waals surface area contributed by atoms with E-state index in [9.17, 15) is 9.59 Å². The average Bonchev–Trinajstić information content (AvgIpc) is 3.10. The Bertz CT molecular complexity index is 613. The van der Waals surface area contributed by atoms with Crippen LogP contribution in [0.1, 0.15) is 31.2 Å². The maximum atomic E-state index is 11.9. The molecule has 3 amide bonds. The molecular formula is C17H22ClN3O2S. The molecule has 3 rings (SSSR count). The van der Waals surface area contributed by atoms with Crippen molar-refractivity contribution >= 4 is 35.3 Å². The molecule has 5 nitrogen and oxygen atoms in total. The minimum absolute atomic E-state index is 0.0470. The van der Waals surface area contributed by atoms with Gasteiger partial charge in [-0.15, -0.1) is 0 Å². The summed E-state index contributed by atoms with van der Waals surface area (Å²) in [6, 6.07) is 8.00. The van der Waals surface area contributed by atoms with Gasteiger partial charge in [-0.1, -0.05) is 36.2 Å². The van der Waals surface area contributed by atoms with Gasteiger partial charge in [0.05, 0.1) is 12.1 Å². The van der Waals surface area contributed by atoms with E-state index in [0.717, 1.165) is 30.6 Å².